The van der Waals surface area contributed by atoms with Gasteiger partial charge in [0.2, 0.25) is 5.91 Å². The number of carbonyl (C=O) groups is 1. The minimum absolute atomic E-state index is 0.0186. The molecule has 2 rings (SSSR count). The standard InChI is InChI=1S/C17H25FN2O/c1-3-8-20(11-14-6-7-14)12-17(21)19-10-15-5-4-13(2)16(18)9-15/h4-5,9,14H,3,6-8,10-12H2,1-2H3,(H,19,21). The van der Waals surface area contributed by atoms with Gasteiger partial charge in [0.25, 0.3) is 0 Å². The molecule has 21 heavy (non-hydrogen) atoms. The second-order valence-electron chi connectivity index (χ2n) is 6.04. The number of nitrogens with one attached hydrogen (secondary N) is 1. The summed E-state index contributed by atoms with van der Waals surface area (Å²) in [7, 11) is 0. The van der Waals surface area contributed by atoms with E-state index in [2.05, 4.69) is 17.1 Å². The maximum Gasteiger partial charge on any atom is 0.234 e. The van der Waals surface area contributed by atoms with Gasteiger partial charge in [0.15, 0.2) is 0 Å². The van der Waals surface area contributed by atoms with E-state index in [1.54, 1.807) is 13.0 Å². The molecule has 0 aromatic heterocycles. The van der Waals surface area contributed by atoms with E-state index in [-0.39, 0.29) is 11.7 Å². The van der Waals surface area contributed by atoms with Gasteiger partial charge in [-0.1, -0.05) is 19.1 Å². The van der Waals surface area contributed by atoms with Gasteiger partial charge in [-0.2, -0.15) is 0 Å². The van der Waals surface area contributed by atoms with Crippen LogP contribution in [-0.2, 0) is 11.3 Å². The molecule has 0 bridgehead atoms. The summed E-state index contributed by atoms with van der Waals surface area (Å²) in [6.07, 6.45) is 3.65. The zero-order chi connectivity index (χ0) is 15.2. The van der Waals surface area contributed by atoms with Crippen molar-refractivity contribution < 1.29 is 9.18 Å². The van der Waals surface area contributed by atoms with Crippen LogP contribution in [0.25, 0.3) is 0 Å². The summed E-state index contributed by atoms with van der Waals surface area (Å²) in [6.45, 7) is 6.69. The molecule has 1 aromatic carbocycles. The van der Waals surface area contributed by atoms with Crippen LogP contribution in [0.1, 0.15) is 37.3 Å². The Morgan fingerprint density at radius 1 is 1.43 bits per heavy atom. The monoisotopic (exact) mass is 292 g/mol. The van der Waals surface area contributed by atoms with E-state index in [9.17, 15) is 9.18 Å². The van der Waals surface area contributed by atoms with Crippen LogP contribution >= 0.6 is 0 Å². The molecule has 1 fully saturated rings. The van der Waals surface area contributed by atoms with Crippen molar-refractivity contribution in [1.82, 2.24) is 10.2 Å². The molecule has 1 aliphatic rings. The van der Waals surface area contributed by atoms with E-state index in [1.165, 1.54) is 18.9 Å². The largest absolute Gasteiger partial charge is 0.351 e. The van der Waals surface area contributed by atoms with Gasteiger partial charge in [0.05, 0.1) is 6.54 Å². The molecule has 0 heterocycles. The fourth-order valence-electron chi connectivity index (χ4n) is 2.42. The van der Waals surface area contributed by atoms with Crippen LogP contribution in [0.5, 0.6) is 0 Å². The van der Waals surface area contributed by atoms with Crippen LogP contribution in [0, 0.1) is 18.7 Å². The van der Waals surface area contributed by atoms with E-state index in [0.717, 1.165) is 31.0 Å². The highest BCUT2D eigenvalue weighted by Crippen LogP contribution is 2.29. The molecule has 0 saturated heterocycles. The number of hydrogen-bond donors (Lipinski definition) is 1. The molecule has 1 amide bonds. The number of benzene rings is 1. The number of amides is 1. The van der Waals surface area contributed by atoms with E-state index < -0.39 is 0 Å². The number of halogens is 1. The quantitative estimate of drug-likeness (QED) is 0.799. The fraction of sp³-hybridized carbons (Fsp3) is 0.588. The van der Waals surface area contributed by atoms with Crippen LogP contribution in [0.3, 0.4) is 0 Å². The van der Waals surface area contributed by atoms with Crippen LogP contribution < -0.4 is 5.32 Å². The highest BCUT2D eigenvalue weighted by Gasteiger charge is 2.24. The van der Waals surface area contributed by atoms with Gasteiger partial charge in [0.1, 0.15) is 5.82 Å². The molecule has 0 aliphatic heterocycles. The Balaban J connectivity index is 1.78. The first kappa shape index (κ1) is 16.0. The van der Waals surface area contributed by atoms with Gasteiger partial charge in [0, 0.05) is 13.1 Å². The number of aryl methyl sites for hydroxylation is 1. The molecule has 1 N–H and O–H groups in total. The second kappa shape index (κ2) is 7.55. The Bertz CT molecular complexity index is 486. The van der Waals surface area contributed by atoms with Crippen molar-refractivity contribution in [3.63, 3.8) is 0 Å². The van der Waals surface area contributed by atoms with Gasteiger partial charge >= 0.3 is 0 Å². The summed E-state index contributed by atoms with van der Waals surface area (Å²) in [5.74, 6) is 0.587. The van der Waals surface area contributed by atoms with Crippen molar-refractivity contribution in [2.45, 2.75) is 39.7 Å². The summed E-state index contributed by atoms with van der Waals surface area (Å²) in [5.41, 5.74) is 1.43. The highest BCUT2D eigenvalue weighted by molar-refractivity contribution is 5.78. The Labute approximate surface area is 126 Å². The summed E-state index contributed by atoms with van der Waals surface area (Å²) in [6, 6.07) is 5.09. The van der Waals surface area contributed by atoms with E-state index in [1.807, 2.05) is 6.07 Å². The molecular weight excluding hydrogens is 267 g/mol. The second-order valence-corrected chi connectivity index (χ2v) is 6.04. The Kier molecular flexibility index (Phi) is 5.74. The van der Waals surface area contributed by atoms with Gasteiger partial charge in [-0.25, -0.2) is 4.39 Å². The van der Waals surface area contributed by atoms with E-state index >= 15 is 0 Å². The molecule has 4 heteroatoms. The Hall–Kier alpha value is -1.42. The van der Waals surface area contributed by atoms with Gasteiger partial charge in [-0.3, -0.25) is 9.69 Å². The zero-order valence-electron chi connectivity index (χ0n) is 13.0. The van der Waals surface area contributed by atoms with Crippen LogP contribution in [0.15, 0.2) is 18.2 Å². The minimum atomic E-state index is -0.219. The third-order valence-corrected chi connectivity index (χ3v) is 3.85. The smallest absolute Gasteiger partial charge is 0.234 e. The summed E-state index contributed by atoms with van der Waals surface area (Å²) in [5, 5.41) is 2.88. The van der Waals surface area contributed by atoms with Crippen molar-refractivity contribution in [2.24, 2.45) is 5.92 Å². The lowest BCUT2D eigenvalue weighted by molar-refractivity contribution is -0.122. The third-order valence-electron chi connectivity index (χ3n) is 3.85. The van der Waals surface area contributed by atoms with E-state index in [4.69, 9.17) is 0 Å². The lowest BCUT2D eigenvalue weighted by Crippen LogP contribution is -2.38. The third kappa shape index (κ3) is 5.46. The normalized spacial score (nSPS) is 14.5. The number of rotatable bonds is 8. The molecule has 1 aromatic rings. The SMILES string of the molecule is CCCN(CC(=O)NCc1ccc(C)c(F)c1)CC1CC1. The fourth-order valence-corrected chi connectivity index (χ4v) is 2.42. The lowest BCUT2D eigenvalue weighted by atomic mass is 10.1. The molecule has 116 valence electrons. The van der Waals surface area contributed by atoms with Gasteiger partial charge < -0.3 is 5.32 Å². The van der Waals surface area contributed by atoms with Gasteiger partial charge in [-0.05, 0) is 55.8 Å². The molecule has 1 aliphatic carbocycles. The van der Waals surface area contributed by atoms with Crippen molar-refractivity contribution >= 4 is 5.91 Å². The molecule has 0 radical (unpaired) electrons. The first-order valence-electron chi connectivity index (χ1n) is 7.82. The topological polar surface area (TPSA) is 32.3 Å². The summed E-state index contributed by atoms with van der Waals surface area (Å²) >= 11 is 0. The van der Waals surface area contributed by atoms with Crippen molar-refractivity contribution in [3.8, 4) is 0 Å². The average Bonchev–Trinajstić information content (AvgIpc) is 3.24. The summed E-state index contributed by atoms with van der Waals surface area (Å²) < 4.78 is 13.4. The first-order valence-corrected chi connectivity index (χ1v) is 7.82. The minimum Gasteiger partial charge on any atom is -0.351 e. The van der Waals surface area contributed by atoms with Crippen molar-refractivity contribution in [2.75, 3.05) is 19.6 Å². The van der Waals surface area contributed by atoms with Crippen molar-refractivity contribution in [1.29, 1.82) is 0 Å². The number of hydrogen-bond acceptors (Lipinski definition) is 2. The predicted molar refractivity (Wildman–Crippen MR) is 82.4 cm³/mol. The Morgan fingerprint density at radius 2 is 2.19 bits per heavy atom. The molecule has 3 nitrogen and oxygen atoms in total. The van der Waals surface area contributed by atoms with Gasteiger partial charge in [-0.15, -0.1) is 0 Å². The average molecular weight is 292 g/mol. The molecule has 0 unspecified atom stereocenters. The highest BCUT2D eigenvalue weighted by atomic mass is 19.1. The predicted octanol–water partition coefficient (Wildman–Crippen LogP) is 2.87. The first-order chi connectivity index (χ1) is 10.1. The number of nitrogens with zero attached hydrogens (tertiary/aromatic N) is 1. The molecule has 0 spiro atoms. The zero-order valence-corrected chi connectivity index (χ0v) is 13.0. The maximum atomic E-state index is 13.4. The number of carbonyl (C=O) groups excluding carboxylic acids is 1. The Morgan fingerprint density at radius 3 is 2.81 bits per heavy atom. The van der Waals surface area contributed by atoms with Crippen LogP contribution in [0.2, 0.25) is 0 Å². The van der Waals surface area contributed by atoms with Crippen molar-refractivity contribution in [3.05, 3.63) is 35.1 Å². The lowest BCUT2D eigenvalue weighted by Gasteiger charge is -2.20. The molecule has 1 saturated carbocycles. The van der Waals surface area contributed by atoms with Crippen LogP contribution in [-0.4, -0.2) is 30.4 Å². The summed E-state index contributed by atoms with van der Waals surface area (Å²) in [4.78, 5) is 14.2. The molecular formula is C17H25FN2O. The maximum absolute atomic E-state index is 13.4. The van der Waals surface area contributed by atoms with Crippen LogP contribution in [0.4, 0.5) is 4.39 Å². The van der Waals surface area contributed by atoms with E-state index in [0.29, 0.717) is 18.7 Å². The molecule has 0 atom stereocenters.